The molecule has 0 saturated heterocycles. The molecule has 0 aliphatic heterocycles. The molecule has 0 unspecified atom stereocenters. The zero-order valence-corrected chi connectivity index (χ0v) is 8.85. The van der Waals surface area contributed by atoms with Crippen LogP contribution in [0.2, 0.25) is 10.0 Å². The van der Waals surface area contributed by atoms with Crippen LogP contribution in [0.1, 0.15) is 5.56 Å². The lowest BCUT2D eigenvalue weighted by molar-refractivity contribution is 0.628. The minimum absolute atomic E-state index is 0.000954. The summed E-state index contributed by atoms with van der Waals surface area (Å²) in [7, 11) is 0. The fourth-order valence-corrected chi connectivity index (χ4v) is 1.21. The number of hydrogen-bond donors (Lipinski definition) is 0. The Morgan fingerprint density at radius 1 is 1.47 bits per heavy atom. The van der Waals surface area contributed by atoms with E-state index in [9.17, 15) is 4.39 Å². The smallest absolute Gasteiger partial charge is 0.144 e. The summed E-state index contributed by atoms with van der Waals surface area (Å²) < 4.78 is 13.0. The Hall–Kier alpha value is -1.40. The van der Waals surface area contributed by atoms with Gasteiger partial charge in [-0.3, -0.25) is 0 Å². The van der Waals surface area contributed by atoms with E-state index in [-0.39, 0.29) is 22.2 Å². The lowest BCUT2D eigenvalue weighted by Crippen LogP contribution is -1.84. The molecule has 0 radical (unpaired) electrons. The largest absolute Gasteiger partial charge is 0.205 e. The Bertz CT molecular complexity index is 484. The fourth-order valence-electron chi connectivity index (χ4n) is 0.849. The van der Waals surface area contributed by atoms with Gasteiger partial charge in [-0.05, 0) is 17.7 Å². The Labute approximate surface area is 95.4 Å². The van der Waals surface area contributed by atoms with E-state index in [1.54, 1.807) is 0 Å². The molecule has 0 aliphatic carbocycles. The fraction of sp³-hybridized carbons (Fsp3) is 0.111. The average Bonchev–Trinajstić information content (AvgIpc) is 2.19. The molecule has 76 valence electrons. The highest BCUT2D eigenvalue weighted by Gasteiger charge is 2.05. The van der Waals surface area contributed by atoms with Crippen molar-refractivity contribution in [2.24, 2.45) is 5.11 Å². The number of azide groups is 1. The van der Waals surface area contributed by atoms with E-state index >= 15 is 0 Å². The predicted molar refractivity (Wildman–Crippen MR) is 57.3 cm³/mol. The van der Waals surface area contributed by atoms with Crippen molar-refractivity contribution in [2.45, 2.75) is 0 Å². The molecule has 0 saturated carbocycles. The van der Waals surface area contributed by atoms with Crippen molar-refractivity contribution in [2.75, 3.05) is 6.54 Å². The number of hydrogen-bond acceptors (Lipinski definition) is 1. The number of halogens is 3. The van der Waals surface area contributed by atoms with Gasteiger partial charge < -0.3 is 0 Å². The summed E-state index contributed by atoms with van der Waals surface area (Å²) in [6.07, 6.45) is 0. The van der Waals surface area contributed by atoms with Crippen LogP contribution in [0.15, 0.2) is 17.2 Å². The van der Waals surface area contributed by atoms with Crippen molar-refractivity contribution >= 4 is 23.2 Å². The maximum absolute atomic E-state index is 13.0. The Morgan fingerprint density at radius 3 is 2.87 bits per heavy atom. The molecule has 3 nitrogen and oxygen atoms in total. The third-order valence-electron chi connectivity index (χ3n) is 1.43. The first-order valence-electron chi connectivity index (χ1n) is 3.79. The highest BCUT2D eigenvalue weighted by Crippen LogP contribution is 2.23. The average molecular weight is 244 g/mol. The predicted octanol–water partition coefficient (Wildman–Crippen LogP) is 3.79. The molecule has 0 aromatic heterocycles. The van der Waals surface area contributed by atoms with Crippen molar-refractivity contribution in [3.63, 3.8) is 0 Å². The van der Waals surface area contributed by atoms with Gasteiger partial charge >= 0.3 is 0 Å². The molecule has 0 bridgehead atoms. The molecule has 1 rings (SSSR count). The molecule has 6 heteroatoms. The van der Waals surface area contributed by atoms with Gasteiger partial charge in [0.15, 0.2) is 0 Å². The maximum atomic E-state index is 13.0. The van der Waals surface area contributed by atoms with E-state index in [1.807, 2.05) is 0 Å². The minimum Gasteiger partial charge on any atom is -0.205 e. The van der Waals surface area contributed by atoms with Crippen LogP contribution in [0.5, 0.6) is 0 Å². The zero-order valence-electron chi connectivity index (χ0n) is 7.34. The molecule has 1 aromatic carbocycles. The second-order valence-electron chi connectivity index (χ2n) is 2.44. The Morgan fingerprint density at radius 2 is 2.20 bits per heavy atom. The van der Waals surface area contributed by atoms with Crippen LogP contribution in [0, 0.1) is 17.7 Å². The van der Waals surface area contributed by atoms with E-state index in [0.29, 0.717) is 0 Å². The van der Waals surface area contributed by atoms with Crippen LogP contribution in [0.4, 0.5) is 4.39 Å². The maximum Gasteiger partial charge on any atom is 0.144 e. The summed E-state index contributed by atoms with van der Waals surface area (Å²) in [6.45, 7) is 0.000954. The van der Waals surface area contributed by atoms with E-state index in [4.69, 9.17) is 28.7 Å². The molecule has 0 aliphatic rings. The highest BCUT2D eigenvalue weighted by molar-refractivity contribution is 6.34. The zero-order chi connectivity index (χ0) is 11.3. The van der Waals surface area contributed by atoms with Gasteiger partial charge in [-0.1, -0.05) is 40.2 Å². The Kier molecular flexibility index (Phi) is 4.26. The second kappa shape index (κ2) is 5.47. The van der Waals surface area contributed by atoms with E-state index in [2.05, 4.69) is 21.9 Å². The summed E-state index contributed by atoms with van der Waals surface area (Å²) in [5, 5.41) is 3.32. The third kappa shape index (κ3) is 3.34. The van der Waals surface area contributed by atoms with Crippen molar-refractivity contribution in [1.29, 1.82) is 0 Å². The van der Waals surface area contributed by atoms with Crippen molar-refractivity contribution in [3.8, 4) is 11.8 Å². The minimum atomic E-state index is -0.628. The van der Waals surface area contributed by atoms with Crippen LogP contribution in [0.25, 0.3) is 10.4 Å². The number of benzene rings is 1. The SMILES string of the molecule is [N-]=[N+]=NCC#Cc1cc(Cl)cc(F)c1Cl. The second-order valence-corrected chi connectivity index (χ2v) is 3.25. The van der Waals surface area contributed by atoms with Crippen LogP contribution in [-0.2, 0) is 0 Å². The summed E-state index contributed by atoms with van der Waals surface area (Å²) in [6, 6.07) is 2.54. The van der Waals surface area contributed by atoms with Gasteiger partial charge in [-0.25, -0.2) is 4.39 Å². The molecule has 1 aromatic rings. The normalized spacial score (nSPS) is 8.73. The van der Waals surface area contributed by atoms with E-state index < -0.39 is 5.82 Å². The van der Waals surface area contributed by atoms with Crippen LogP contribution in [-0.4, -0.2) is 6.54 Å². The quantitative estimate of drug-likeness (QED) is 0.237. The van der Waals surface area contributed by atoms with Gasteiger partial charge in [-0.2, -0.15) is 0 Å². The monoisotopic (exact) mass is 243 g/mol. The summed E-state index contributed by atoms with van der Waals surface area (Å²) in [5.41, 5.74) is 8.26. The molecule has 0 heterocycles. The lowest BCUT2D eigenvalue weighted by atomic mass is 10.2. The van der Waals surface area contributed by atoms with Crippen LogP contribution >= 0.6 is 23.2 Å². The number of nitrogens with zero attached hydrogens (tertiary/aromatic N) is 3. The lowest BCUT2D eigenvalue weighted by Gasteiger charge is -1.98. The third-order valence-corrected chi connectivity index (χ3v) is 2.03. The first-order valence-corrected chi connectivity index (χ1v) is 4.55. The summed E-state index contributed by atoms with van der Waals surface area (Å²) in [4.78, 5) is 2.51. The molecule has 0 amide bonds. The molecular formula is C9H4Cl2FN3. The first kappa shape index (κ1) is 11.7. The van der Waals surface area contributed by atoms with Crippen molar-refractivity contribution in [1.82, 2.24) is 0 Å². The molecule has 0 atom stereocenters. The summed E-state index contributed by atoms with van der Waals surface area (Å²) in [5.74, 6) is 4.45. The van der Waals surface area contributed by atoms with Crippen LogP contribution < -0.4 is 0 Å². The molecule has 0 spiro atoms. The van der Waals surface area contributed by atoms with Gasteiger partial charge in [0.1, 0.15) is 5.82 Å². The van der Waals surface area contributed by atoms with Gasteiger partial charge in [0.25, 0.3) is 0 Å². The van der Waals surface area contributed by atoms with Gasteiger partial charge in [0.2, 0.25) is 0 Å². The molecule has 0 N–H and O–H groups in total. The van der Waals surface area contributed by atoms with Crippen molar-refractivity contribution in [3.05, 3.63) is 44.0 Å². The van der Waals surface area contributed by atoms with Gasteiger partial charge in [0, 0.05) is 15.5 Å². The highest BCUT2D eigenvalue weighted by atomic mass is 35.5. The topological polar surface area (TPSA) is 48.8 Å². The van der Waals surface area contributed by atoms with Gasteiger partial charge in [0.05, 0.1) is 11.6 Å². The first-order chi connectivity index (χ1) is 7.15. The molecular weight excluding hydrogens is 240 g/mol. The standard InChI is InChI=1S/C9H4Cl2FN3/c10-7-4-6(2-1-3-14-15-13)9(11)8(12)5-7/h4-5H,3H2. The number of rotatable bonds is 1. The van der Waals surface area contributed by atoms with Gasteiger partial charge in [-0.15, -0.1) is 0 Å². The van der Waals surface area contributed by atoms with Crippen LogP contribution in [0.3, 0.4) is 0 Å². The molecule has 15 heavy (non-hydrogen) atoms. The van der Waals surface area contributed by atoms with Crippen molar-refractivity contribution < 1.29 is 4.39 Å². The molecule has 0 fully saturated rings. The Balaban J connectivity index is 3.02. The van der Waals surface area contributed by atoms with E-state index in [0.717, 1.165) is 6.07 Å². The van der Waals surface area contributed by atoms with E-state index in [1.165, 1.54) is 6.07 Å². The summed E-state index contributed by atoms with van der Waals surface area (Å²) >= 11 is 11.3.